The summed E-state index contributed by atoms with van der Waals surface area (Å²) in [5.41, 5.74) is 8.46. The molecule has 0 radical (unpaired) electrons. The van der Waals surface area contributed by atoms with Gasteiger partial charge in [-0.05, 0) is 31.4 Å². The summed E-state index contributed by atoms with van der Waals surface area (Å²) in [4.78, 5) is 4.97. The molecule has 0 amide bonds. The second-order valence-corrected chi connectivity index (χ2v) is 6.13. The lowest BCUT2D eigenvalue weighted by Gasteiger charge is -2.27. The number of benzene rings is 1. The number of fused-ring (bicyclic) bond motifs is 1. The molecular weight excluding hydrogens is 262 g/mol. The standard InChI is InChI=1S/C17H25N3O/c1-3-10-20-15-7-6-13(21-2)11-14(15)19-16(20)17(12-18)8-4-5-9-17/h6-7,11H,3-5,8-10,12,18H2,1-2H3. The van der Waals surface area contributed by atoms with E-state index in [0.29, 0.717) is 6.54 Å². The number of aryl methyl sites for hydroxylation is 1. The minimum Gasteiger partial charge on any atom is -0.497 e. The van der Waals surface area contributed by atoms with E-state index < -0.39 is 0 Å². The first kappa shape index (κ1) is 14.4. The van der Waals surface area contributed by atoms with Crippen molar-refractivity contribution in [3.63, 3.8) is 0 Å². The van der Waals surface area contributed by atoms with Crippen molar-refractivity contribution in [2.75, 3.05) is 13.7 Å². The Morgan fingerprint density at radius 1 is 1.33 bits per heavy atom. The molecule has 4 nitrogen and oxygen atoms in total. The molecule has 0 spiro atoms. The third kappa shape index (κ3) is 2.31. The van der Waals surface area contributed by atoms with Crippen molar-refractivity contribution in [2.24, 2.45) is 5.73 Å². The molecule has 1 aromatic heterocycles. The van der Waals surface area contributed by atoms with Crippen molar-refractivity contribution in [3.8, 4) is 5.75 Å². The Kier molecular flexibility index (Phi) is 3.89. The Hall–Kier alpha value is -1.55. The fraction of sp³-hybridized carbons (Fsp3) is 0.588. The van der Waals surface area contributed by atoms with Crippen LogP contribution in [0.1, 0.15) is 44.9 Å². The molecule has 1 heterocycles. The van der Waals surface area contributed by atoms with Gasteiger partial charge in [-0.2, -0.15) is 0 Å². The van der Waals surface area contributed by atoms with Gasteiger partial charge in [0.05, 0.1) is 18.1 Å². The zero-order chi connectivity index (χ0) is 14.9. The van der Waals surface area contributed by atoms with Gasteiger partial charge in [0.2, 0.25) is 0 Å². The summed E-state index contributed by atoms with van der Waals surface area (Å²) in [7, 11) is 1.70. The van der Waals surface area contributed by atoms with E-state index in [1.807, 2.05) is 12.1 Å². The average Bonchev–Trinajstić information content (AvgIpc) is 3.13. The lowest BCUT2D eigenvalue weighted by Crippen LogP contribution is -2.35. The molecule has 21 heavy (non-hydrogen) atoms. The number of ether oxygens (including phenoxy) is 1. The second kappa shape index (κ2) is 5.68. The predicted molar refractivity (Wildman–Crippen MR) is 85.8 cm³/mol. The molecule has 2 N–H and O–H groups in total. The monoisotopic (exact) mass is 287 g/mol. The largest absolute Gasteiger partial charge is 0.497 e. The summed E-state index contributed by atoms with van der Waals surface area (Å²) >= 11 is 0. The highest BCUT2D eigenvalue weighted by atomic mass is 16.5. The highest BCUT2D eigenvalue weighted by Crippen LogP contribution is 2.41. The van der Waals surface area contributed by atoms with Gasteiger partial charge in [-0.1, -0.05) is 19.8 Å². The molecule has 1 saturated carbocycles. The number of hydrogen-bond donors (Lipinski definition) is 1. The van der Waals surface area contributed by atoms with Gasteiger partial charge in [-0.25, -0.2) is 4.98 Å². The highest BCUT2D eigenvalue weighted by Gasteiger charge is 2.38. The molecule has 2 aromatic rings. The van der Waals surface area contributed by atoms with E-state index in [-0.39, 0.29) is 5.41 Å². The second-order valence-electron chi connectivity index (χ2n) is 6.13. The lowest BCUT2D eigenvalue weighted by atomic mass is 9.85. The van der Waals surface area contributed by atoms with Crippen LogP contribution in [-0.2, 0) is 12.0 Å². The summed E-state index contributed by atoms with van der Waals surface area (Å²) < 4.78 is 7.72. The van der Waals surface area contributed by atoms with Crippen LogP contribution in [0.25, 0.3) is 11.0 Å². The molecule has 114 valence electrons. The van der Waals surface area contributed by atoms with Crippen molar-refractivity contribution < 1.29 is 4.74 Å². The Labute approximate surface area is 126 Å². The summed E-state index contributed by atoms with van der Waals surface area (Å²) in [5.74, 6) is 2.05. The summed E-state index contributed by atoms with van der Waals surface area (Å²) in [5, 5.41) is 0. The van der Waals surface area contributed by atoms with Crippen LogP contribution in [0.3, 0.4) is 0 Å². The van der Waals surface area contributed by atoms with Crippen molar-refractivity contribution in [2.45, 2.75) is 51.0 Å². The first-order valence-corrected chi connectivity index (χ1v) is 7.99. The fourth-order valence-electron chi connectivity index (χ4n) is 3.66. The summed E-state index contributed by atoms with van der Waals surface area (Å²) in [6, 6.07) is 6.17. The van der Waals surface area contributed by atoms with Crippen molar-refractivity contribution in [3.05, 3.63) is 24.0 Å². The Morgan fingerprint density at radius 2 is 2.10 bits per heavy atom. The predicted octanol–water partition coefficient (Wildman–Crippen LogP) is 3.23. The normalized spacial score (nSPS) is 17.5. The Balaban J connectivity index is 2.18. The minimum absolute atomic E-state index is 0.0709. The molecule has 1 aromatic carbocycles. The van der Waals surface area contributed by atoms with E-state index in [9.17, 15) is 0 Å². The third-order valence-corrected chi connectivity index (χ3v) is 4.83. The third-order valence-electron chi connectivity index (χ3n) is 4.83. The molecule has 1 fully saturated rings. The first-order valence-electron chi connectivity index (χ1n) is 7.99. The molecular formula is C17H25N3O. The molecule has 0 bridgehead atoms. The number of aromatic nitrogens is 2. The van der Waals surface area contributed by atoms with Gasteiger partial charge in [0.15, 0.2) is 0 Å². The average molecular weight is 287 g/mol. The van der Waals surface area contributed by atoms with Crippen LogP contribution >= 0.6 is 0 Å². The quantitative estimate of drug-likeness (QED) is 0.918. The van der Waals surface area contributed by atoms with Crippen molar-refractivity contribution in [1.29, 1.82) is 0 Å². The number of imidazole rings is 1. The lowest BCUT2D eigenvalue weighted by molar-refractivity contribution is 0.404. The Morgan fingerprint density at radius 3 is 2.71 bits per heavy atom. The SMILES string of the molecule is CCCn1c(C2(CN)CCCC2)nc2cc(OC)ccc21. The number of methoxy groups -OCH3 is 1. The van der Waals surface area contributed by atoms with Gasteiger partial charge < -0.3 is 15.0 Å². The smallest absolute Gasteiger partial charge is 0.121 e. The number of nitrogens with two attached hydrogens (primary N) is 1. The molecule has 3 rings (SSSR count). The molecule has 0 unspecified atom stereocenters. The molecule has 0 saturated heterocycles. The molecule has 0 aliphatic heterocycles. The summed E-state index contributed by atoms with van der Waals surface area (Å²) in [6.45, 7) is 3.90. The Bertz CT molecular complexity index is 626. The first-order chi connectivity index (χ1) is 10.2. The topological polar surface area (TPSA) is 53.1 Å². The van der Waals surface area contributed by atoms with Crippen LogP contribution in [0, 0.1) is 0 Å². The minimum atomic E-state index is 0.0709. The maximum Gasteiger partial charge on any atom is 0.121 e. The zero-order valence-corrected chi connectivity index (χ0v) is 13.1. The highest BCUT2D eigenvalue weighted by molar-refractivity contribution is 5.78. The number of hydrogen-bond acceptors (Lipinski definition) is 3. The van der Waals surface area contributed by atoms with Crippen molar-refractivity contribution in [1.82, 2.24) is 9.55 Å². The van der Waals surface area contributed by atoms with Gasteiger partial charge in [0.1, 0.15) is 11.6 Å². The van der Waals surface area contributed by atoms with Gasteiger partial charge in [0.25, 0.3) is 0 Å². The van der Waals surface area contributed by atoms with Crippen LogP contribution in [0.4, 0.5) is 0 Å². The molecule has 4 heteroatoms. The van der Waals surface area contributed by atoms with Crippen LogP contribution < -0.4 is 10.5 Å². The van der Waals surface area contributed by atoms with Gasteiger partial charge in [-0.3, -0.25) is 0 Å². The van der Waals surface area contributed by atoms with E-state index in [0.717, 1.165) is 37.1 Å². The number of nitrogens with zero attached hydrogens (tertiary/aromatic N) is 2. The van der Waals surface area contributed by atoms with Crippen LogP contribution in [0.5, 0.6) is 5.75 Å². The van der Waals surface area contributed by atoms with Gasteiger partial charge in [-0.15, -0.1) is 0 Å². The van der Waals surface area contributed by atoms with Gasteiger partial charge >= 0.3 is 0 Å². The maximum atomic E-state index is 6.17. The molecule has 1 aliphatic rings. The fourth-order valence-corrected chi connectivity index (χ4v) is 3.66. The van der Waals surface area contributed by atoms with Crippen LogP contribution in [0.2, 0.25) is 0 Å². The summed E-state index contributed by atoms with van der Waals surface area (Å²) in [6.07, 6.45) is 5.94. The van der Waals surface area contributed by atoms with E-state index in [1.165, 1.54) is 24.2 Å². The van der Waals surface area contributed by atoms with Crippen LogP contribution in [-0.4, -0.2) is 23.2 Å². The molecule has 1 aliphatic carbocycles. The maximum absolute atomic E-state index is 6.17. The van der Waals surface area contributed by atoms with Gasteiger partial charge in [0, 0.05) is 24.6 Å². The number of rotatable bonds is 5. The van der Waals surface area contributed by atoms with E-state index in [2.05, 4.69) is 17.6 Å². The van der Waals surface area contributed by atoms with E-state index in [1.54, 1.807) is 7.11 Å². The van der Waals surface area contributed by atoms with Crippen molar-refractivity contribution >= 4 is 11.0 Å². The van der Waals surface area contributed by atoms with Crippen LogP contribution in [0.15, 0.2) is 18.2 Å². The zero-order valence-electron chi connectivity index (χ0n) is 13.1. The van der Waals surface area contributed by atoms with E-state index in [4.69, 9.17) is 15.5 Å². The van der Waals surface area contributed by atoms with E-state index >= 15 is 0 Å². The molecule has 0 atom stereocenters.